The van der Waals surface area contributed by atoms with Crippen LogP contribution in [0.25, 0.3) is 0 Å². The van der Waals surface area contributed by atoms with Crippen molar-refractivity contribution in [3.8, 4) is 0 Å². The molecule has 0 radical (unpaired) electrons. The molecule has 1 heterocycles. The average molecular weight is 385 g/mol. The minimum atomic E-state index is -4.74. The normalized spacial score (nSPS) is 20.8. The molecule has 2 rings (SSSR count). The number of carbonyl (C=O) groups is 2. The van der Waals surface area contributed by atoms with E-state index in [9.17, 15) is 22.8 Å². The molecule has 1 atom stereocenters. The van der Waals surface area contributed by atoms with Crippen molar-refractivity contribution in [3.05, 3.63) is 48.0 Å². The Labute approximate surface area is 155 Å². The van der Waals surface area contributed by atoms with Crippen LogP contribution in [0.3, 0.4) is 0 Å². The van der Waals surface area contributed by atoms with Gasteiger partial charge in [0.25, 0.3) is 0 Å². The Bertz CT molecular complexity index is 646. The van der Waals surface area contributed by atoms with Gasteiger partial charge in [0.05, 0.1) is 0 Å². The van der Waals surface area contributed by atoms with Crippen molar-refractivity contribution >= 4 is 12.1 Å². The summed E-state index contributed by atoms with van der Waals surface area (Å²) in [6, 6.07) is 6.43. The van der Waals surface area contributed by atoms with Crippen LogP contribution in [0.1, 0.15) is 31.2 Å². The molecule has 0 saturated heterocycles. The molecule has 0 aromatic heterocycles. The zero-order valence-corrected chi connectivity index (χ0v) is 14.8. The summed E-state index contributed by atoms with van der Waals surface area (Å²) < 4.78 is 50.4. The van der Waals surface area contributed by atoms with Crippen LogP contribution in [-0.2, 0) is 20.9 Å². The number of alkyl halides is 3. The highest BCUT2D eigenvalue weighted by molar-refractivity contribution is 5.70. The molecule has 1 aromatic carbocycles. The molecule has 0 bridgehead atoms. The fourth-order valence-electron chi connectivity index (χ4n) is 2.60. The predicted molar refractivity (Wildman–Crippen MR) is 91.7 cm³/mol. The number of hydrogen-bond donors (Lipinski definition) is 0. The second-order valence-electron chi connectivity index (χ2n) is 6.13. The second-order valence-corrected chi connectivity index (χ2v) is 6.13. The third-order valence-electron chi connectivity index (χ3n) is 4.05. The Hall–Kier alpha value is -2.51. The molecular weight excluding hydrogens is 363 g/mol. The van der Waals surface area contributed by atoms with E-state index >= 15 is 0 Å². The number of carbonyl (C=O) groups excluding carboxylic acids is 2. The van der Waals surface area contributed by atoms with Gasteiger partial charge < -0.3 is 9.47 Å². The lowest BCUT2D eigenvalue weighted by atomic mass is 10.2. The molecule has 8 heteroatoms. The van der Waals surface area contributed by atoms with E-state index in [1.165, 1.54) is 0 Å². The Morgan fingerprint density at radius 2 is 1.89 bits per heavy atom. The smallest absolute Gasteiger partial charge is 0.412 e. The first-order valence-corrected chi connectivity index (χ1v) is 8.72. The monoisotopic (exact) mass is 385 g/mol. The largest absolute Gasteiger partial charge is 0.463 e. The molecule has 0 N–H and O–H groups in total. The summed E-state index contributed by atoms with van der Waals surface area (Å²) in [5.41, 5.74) is 0.665. The first kappa shape index (κ1) is 20.8. The molecule has 0 saturated carbocycles. The van der Waals surface area contributed by atoms with Crippen LogP contribution in [0, 0.1) is 0 Å². The maximum atomic E-state index is 13.5. The van der Waals surface area contributed by atoms with E-state index in [1.54, 1.807) is 42.5 Å². The maximum absolute atomic E-state index is 13.5. The quantitative estimate of drug-likeness (QED) is 0.565. The fraction of sp³-hybridized carbons (Fsp3) is 0.474. The maximum Gasteiger partial charge on any atom is 0.412 e. The van der Waals surface area contributed by atoms with Crippen molar-refractivity contribution in [1.82, 2.24) is 4.90 Å². The molecule has 0 aliphatic carbocycles. The van der Waals surface area contributed by atoms with Gasteiger partial charge in [-0.1, -0.05) is 42.5 Å². The first-order chi connectivity index (χ1) is 12.9. The summed E-state index contributed by atoms with van der Waals surface area (Å²) in [6.45, 7) is -1.23. The molecule has 1 aliphatic rings. The summed E-state index contributed by atoms with van der Waals surface area (Å²) in [6.07, 6.45) is -1.01. The van der Waals surface area contributed by atoms with E-state index in [2.05, 4.69) is 0 Å². The summed E-state index contributed by atoms with van der Waals surface area (Å²) in [7, 11) is 0. The lowest BCUT2D eigenvalue weighted by Gasteiger charge is -2.32. The number of hydrogen-bond acceptors (Lipinski definition) is 4. The minimum absolute atomic E-state index is 0.000466. The molecule has 1 aliphatic heterocycles. The first-order valence-electron chi connectivity index (χ1n) is 8.72. The molecular formula is C19H22F3NO4. The van der Waals surface area contributed by atoms with Crippen molar-refractivity contribution in [3.63, 3.8) is 0 Å². The van der Waals surface area contributed by atoms with Crippen LogP contribution in [0.4, 0.5) is 18.0 Å². The van der Waals surface area contributed by atoms with E-state index in [0.717, 1.165) is 0 Å². The number of esters is 1. The number of rotatable bonds is 2. The van der Waals surface area contributed by atoms with Crippen LogP contribution < -0.4 is 0 Å². The van der Waals surface area contributed by atoms with Gasteiger partial charge in [-0.2, -0.15) is 13.2 Å². The lowest BCUT2D eigenvalue weighted by molar-refractivity contribution is -0.194. The number of benzene rings is 1. The van der Waals surface area contributed by atoms with Gasteiger partial charge in [0, 0.05) is 13.0 Å². The topological polar surface area (TPSA) is 55.8 Å². The standard InChI is InChI=1S/C19H22F3NO4/c20-19(21,22)16-14-26-17(24)11-7-2-1-3-8-12-23(16)18(25)27-13-15-9-5-4-6-10-15/h1-2,4-6,9-10,16H,3,7-8,11-14H2/b2-1+/t16-/m1/s1. The van der Waals surface area contributed by atoms with E-state index in [1.807, 2.05) is 0 Å². The average Bonchev–Trinajstić information content (AvgIpc) is 2.62. The summed E-state index contributed by atoms with van der Waals surface area (Å²) in [5.74, 6) is -0.730. The Morgan fingerprint density at radius 1 is 1.19 bits per heavy atom. The highest BCUT2D eigenvalue weighted by atomic mass is 19.4. The molecule has 0 unspecified atom stereocenters. The van der Waals surface area contributed by atoms with Crippen molar-refractivity contribution in [1.29, 1.82) is 0 Å². The SMILES string of the molecule is O=C1CC/C=C/CCCN(C(=O)OCc2ccccc2)[C@@H](C(F)(F)F)CO1. The van der Waals surface area contributed by atoms with Crippen LogP contribution in [0.2, 0.25) is 0 Å². The van der Waals surface area contributed by atoms with Gasteiger partial charge in [0.2, 0.25) is 0 Å². The van der Waals surface area contributed by atoms with Crippen molar-refractivity contribution < 1.29 is 32.2 Å². The fourth-order valence-corrected chi connectivity index (χ4v) is 2.60. The highest BCUT2D eigenvalue weighted by Crippen LogP contribution is 2.27. The minimum Gasteiger partial charge on any atom is -0.463 e. The lowest BCUT2D eigenvalue weighted by Crippen LogP contribution is -2.52. The molecule has 0 spiro atoms. The van der Waals surface area contributed by atoms with E-state index in [-0.39, 0.29) is 19.6 Å². The molecule has 148 valence electrons. The summed E-state index contributed by atoms with van der Waals surface area (Å²) in [4.78, 5) is 24.6. The number of cyclic esters (lactones) is 1. The van der Waals surface area contributed by atoms with E-state index in [0.29, 0.717) is 29.7 Å². The zero-order valence-electron chi connectivity index (χ0n) is 14.8. The number of nitrogens with zero attached hydrogens (tertiary/aromatic N) is 1. The molecule has 1 aromatic rings. The van der Waals surface area contributed by atoms with Crippen LogP contribution >= 0.6 is 0 Å². The van der Waals surface area contributed by atoms with Gasteiger partial charge in [-0.05, 0) is 24.8 Å². The van der Waals surface area contributed by atoms with E-state index < -0.39 is 30.9 Å². The van der Waals surface area contributed by atoms with E-state index in [4.69, 9.17) is 9.47 Å². The number of allylic oxidation sites excluding steroid dienone is 2. The Balaban J connectivity index is 2.13. The van der Waals surface area contributed by atoms with Gasteiger partial charge in [-0.15, -0.1) is 0 Å². The molecule has 0 fully saturated rings. The number of ether oxygens (including phenoxy) is 2. The van der Waals surface area contributed by atoms with Crippen molar-refractivity contribution in [2.24, 2.45) is 0 Å². The number of amides is 1. The Kier molecular flexibility index (Phi) is 7.69. The highest BCUT2D eigenvalue weighted by Gasteiger charge is 2.46. The predicted octanol–water partition coefficient (Wildman–Crippen LogP) is 4.23. The third kappa shape index (κ3) is 6.96. The van der Waals surface area contributed by atoms with Gasteiger partial charge in [0.15, 0.2) is 6.04 Å². The summed E-state index contributed by atoms with van der Waals surface area (Å²) >= 11 is 0. The molecule has 27 heavy (non-hydrogen) atoms. The van der Waals surface area contributed by atoms with Crippen molar-refractivity contribution in [2.75, 3.05) is 13.2 Å². The van der Waals surface area contributed by atoms with Gasteiger partial charge >= 0.3 is 18.2 Å². The van der Waals surface area contributed by atoms with Crippen LogP contribution in [0.15, 0.2) is 42.5 Å². The van der Waals surface area contributed by atoms with Crippen LogP contribution in [0.5, 0.6) is 0 Å². The molecule has 5 nitrogen and oxygen atoms in total. The summed E-state index contributed by atoms with van der Waals surface area (Å²) in [5, 5.41) is 0. The van der Waals surface area contributed by atoms with Crippen LogP contribution in [-0.4, -0.2) is 42.3 Å². The van der Waals surface area contributed by atoms with Gasteiger partial charge in [-0.3, -0.25) is 9.69 Å². The zero-order chi connectivity index (χ0) is 19.7. The molecule has 1 amide bonds. The second kappa shape index (κ2) is 9.99. The van der Waals surface area contributed by atoms with Gasteiger partial charge in [-0.25, -0.2) is 4.79 Å². The third-order valence-corrected chi connectivity index (χ3v) is 4.05. The van der Waals surface area contributed by atoms with Crippen molar-refractivity contribution in [2.45, 2.75) is 44.5 Å². The number of halogens is 3. The Morgan fingerprint density at radius 3 is 2.59 bits per heavy atom. The van der Waals surface area contributed by atoms with Gasteiger partial charge in [0.1, 0.15) is 13.2 Å².